The molecule has 2 unspecified atom stereocenters. The number of hydrogen-bond acceptors (Lipinski definition) is 2. The summed E-state index contributed by atoms with van der Waals surface area (Å²) in [6.07, 6.45) is 6.17. The Labute approximate surface area is 121 Å². The van der Waals surface area contributed by atoms with Crippen molar-refractivity contribution in [1.82, 2.24) is 5.32 Å². The van der Waals surface area contributed by atoms with Gasteiger partial charge in [-0.15, -0.1) is 0 Å². The number of aryl methyl sites for hydroxylation is 1. The van der Waals surface area contributed by atoms with Crippen molar-refractivity contribution in [2.75, 3.05) is 7.11 Å². The third-order valence-electron chi connectivity index (χ3n) is 4.10. The second-order valence-electron chi connectivity index (χ2n) is 5.88. The van der Waals surface area contributed by atoms with Crippen LogP contribution in [0.25, 0.3) is 0 Å². The molecule has 1 aromatic rings. The third kappa shape index (κ3) is 4.55. The van der Waals surface area contributed by atoms with Gasteiger partial charge in [0.1, 0.15) is 5.75 Å². The molecule has 0 spiro atoms. The van der Waals surface area contributed by atoms with Crippen molar-refractivity contribution in [3.8, 4) is 5.75 Å². The van der Waals surface area contributed by atoms with Gasteiger partial charge in [-0.2, -0.15) is 0 Å². The molecule has 2 atom stereocenters. The second-order valence-corrected chi connectivity index (χ2v) is 5.88. The van der Waals surface area contributed by atoms with Crippen LogP contribution < -0.4 is 10.1 Å². The molecule has 1 N–H and O–H groups in total. The molecule has 0 radical (unpaired) electrons. The lowest BCUT2D eigenvalue weighted by Gasteiger charge is -2.27. The normalized spacial score (nSPS) is 22.3. The highest BCUT2D eigenvalue weighted by Crippen LogP contribution is 2.23. The summed E-state index contributed by atoms with van der Waals surface area (Å²) in [6.45, 7) is 2.27. The minimum absolute atomic E-state index is 0.180. The van der Waals surface area contributed by atoms with Crippen molar-refractivity contribution in [3.05, 3.63) is 29.8 Å². The summed E-state index contributed by atoms with van der Waals surface area (Å²) in [5, 5.41) is 3.18. The van der Waals surface area contributed by atoms with Gasteiger partial charge in [0.25, 0.3) is 0 Å². The van der Waals surface area contributed by atoms with Crippen molar-refractivity contribution in [3.63, 3.8) is 0 Å². The molecule has 0 heterocycles. The Hall–Kier alpha value is -1.51. The molecule has 0 aliphatic heterocycles. The van der Waals surface area contributed by atoms with E-state index < -0.39 is 0 Å². The van der Waals surface area contributed by atoms with E-state index in [0.717, 1.165) is 30.9 Å². The Morgan fingerprint density at radius 1 is 1.30 bits per heavy atom. The lowest BCUT2D eigenvalue weighted by molar-refractivity contribution is -0.122. The number of nitrogens with one attached hydrogen (secondary N) is 1. The molecule has 110 valence electrons. The van der Waals surface area contributed by atoms with Gasteiger partial charge >= 0.3 is 0 Å². The first-order valence-electron chi connectivity index (χ1n) is 7.59. The van der Waals surface area contributed by atoms with Crippen LogP contribution in [0, 0.1) is 5.92 Å². The summed E-state index contributed by atoms with van der Waals surface area (Å²) in [7, 11) is 1.66. The topological polar surface area (TPSA) is 38.3 Å². The molecule has 1 aliphatic carbocycles. The number of methoxy groups -OCH3 is 1. The summed E-state index contributed by atoms with van der Waals surface area (Å²) in [4.78, 5) is 12.0. The van der Waals surface area contributed by atoms with Crippen LogP contribution in [-0.2, 0) is 11.2 Å². The highest BCUT2D eigenvalue weighted by Gasteiger charge is 2.20. The summed E-state index contributed by atoms with van der Waals surface area (Å²) in [6, 6.07) is 8.32. The first-order valence-corrected chi connectivity index (χ1v) is 7.59. The van der Waals surface area contributed by atoms with E-state index in [9.17, 15) is 4.79 Å². The number of carbonyl (C=O) groups excluding carboxylic acids is 1. The zero-order chi connectivity index (χ0) is 14.4. The maximum atomic E-state index is 12.0. The van der Waals surface area contributed by atoms with Gasteiger partial charge in [0.15, 0.2) is 0 Å². The predicted octanol–water partition coefficient (Wildman–Crippen LogP) is 3.32. The molecule has 0 saturated heterocycles. The first kappa shape index (κ1) is 14.9. The van der Waals surface area contributed by atoms with Gasteiger partial charge in [0.05, 0.1) is 7.11 Å². The highest BCUT2D eigenvalue weighted by atomic mass is 16.5. The van der Waals surface area contributed by atoms with E-state index in [-0.39, 0.29) is 5.91 Å². The standard InChI is InChI=1S/C17H25NO2/c1-13-4-3-5-15(12-13)18-17(19)11-8-14-6-9-16(20-2)10-7-14/h6-7,9-10,13,15H,3-5,8,11-12H2,1-2H3,(H,18,19). The number of carbonyl (C=O) groups is 1. The molecule has 3 nitrogen and oxygen atoms in total. The summed E-state index contributed by atoms with van der Waals surface area (Å²) >= 11 is 0. The number of hydrogen-bond donors (Lipinski definition) is 1. The molecule has 1 saturated carbocycles. The first-order chi connectivity index (χ1) is 9.67. The van der Waals surface area contributed by atoms with E-state index in [1.807, 2.05) is 24.3 Å². The number of rotatable bonds is 5. The summed E-state index contributed by atoms with van der Waals surface area (Å²) < 4.78 is 5.13. The smallest absolute Gasteiger partial charge is 0.220 e. The van der Waals surface area contributed by atoms with Crippen molar-refractivity contribution < 1.29 is 9.53 Å². The molecule has 3 heteroatoms. The van der Waals surface area contributed by atoms with E-state index >= 15 is 0 Å². The predicted molar refractivity (Wildman–Crippen MR) is 80.9 cm³/mol. The molecular formula is C17H25NO2. The molecule has 1 aromatic carbocycles. The number of benzene rings is 1. The monoisotopic (exact) mass is 275 g/mol. The SMILES string of the molecule is COc1ccc(CCC(=O)NC2CCCC(C)C2)cc1. The highest BCUT2D eigenvalue weighted by molar-refractivity contribution is 5.76. The lowest BCUT2D eigenvalue weighted by atomic mass is 9.87. The molecule has 20 heavy (non-hydrogen) atoms. The Morgan fingerprint density at radius 3 is 2.70 bits per heavy atom. The fourth-order valence-electron chi connectivity index (χ4n) is 2.92. The van der Waals surface area contributed by atoms with Crippen LogP contribution in [0.2, 0.25) is 0 Å². The Morgan fingerprint density at radius 2 is 2.05 bits per heavy atom. The van der Waals surface area contributed by atoms with Crippen molar-refractivity contribution in [2.45, 2.75) is 51.5 Å². The second kappa shape index (κ2) is 7.32. The van der Waals surface area contributed by atoms with Crippen LogP contribution in [0.15, 0.2) is 24.3 Å². The number of ether oxygens (including phenoxy) is 1. The van der Waals surface area contributed by atoms with Gasteiger partial charge in [-0.1, -0.05) is 31.9 Å². The minimum atomic E-state index is 0.180. The van der Waals surface area contributed by atoms with Crippen LogP contribution in [0.1, 0.15) is 44.6 Å². The zero-order valence-corrected chi connectivity index (χ0v) is 12.5. The van der Waals surface area contributed by atoms with Crippen LogP contribution in [0.4, 0.5) is 0 Å². The largest absolute Gasteiger partial charge is 0.497 e. The Bertz CT molecular complexity index is 427. The lowest BCUT2D eigenvalue weighted by Crippen LogP contribution is -2.38. The molecule has 1 amide bonds. The fraction of sp³-hybridized carbons (Fsp3) is 0.588. The zero-order valence-electron chi connectivity index (χ0n) is 12.5. The minimum Gasteiger partial charge on any atom is -0.497 e. The van der Waals surface area contributed by atoms with Crippen molar-refractivity contribution >= 4 is 5.91 Å². The summed E-state index contributed by atoms with van der Waals surface area (Å²) in [5.41, 5.74) is 1.18. The van der Waals surface area contributed by atoms with E-state index in [4.69, 9.17) is 4.74 Å². The van der Waals surface area contributed by atoms with Gasteiger partial charge in [-0.3, -0.25) is 4.79 Å². The molecule has 0 aromatic heterocycles. The molecule has 1 fully saturated rings. The molecule has 0 bridgehead atoms. The number of amides is 1. The maximum absolute atomic E-state index is 12.0. The van der Waals surface area contributed by atoms with Gasteiger partial charge < -0.3 is 10.1 Å². The molecule has 2 rings (SSSR count). The van der Waals surface area contributed by atoms with E-state index in [1.54, 1.807) is 7.11 Å². The Kier molecular flexibility index (Phi) is 5.45. The maximum Gasteiger partial charge on any atom is 0.220 e. The molecule has 1 aliphatic rings. The third-order valence-corrected chi connectivity index (χ3v) is 4.10. The average molecular weight is 275 g/mol. The quantitative estimate of drug-likeness (QED) is 0.895. The average Bonchev–Trinajstić information content (AvgIpc) is 2.46. The van der Waals surface area contributed by atoms with Gasteiger partial charge in [-0.05, 0) is 42.9 Å². The van der Waals surface area contributed by atoms with Gasteiger partial charge in [0, 0.05) is 12.5 Å². The van der Waals surface area contributed by atoms with Crippen molar-refractivity contribution in [2.24, 2.45) is 5.92 Å². The van der Waals surface area contributed by atoms with E-state index in [2.05, 4.69) is 12.2 Å². The van der Waals surface area contributed by atoms with Crippen LogP contribution in [-0.4, -0.2) is 19.1 Å². The van der Waals surface area contributed by atoms with Gasteiger partial charge in [-0.25, -0.2) is 0 Å². The van der Waals surface area contributed by atoms with Crippen molar-refractivity contribution in [1.29, 1.82) is 0 Å². The van der Waals surface area contributed by atoms with E-state index in [0.29, 0.717) is 12.5 Å². The van der Waals surface area contributed by atoms with Gasteiger partial charge in [0.2, 0.25) is 5.91 Å². The van der Waals surface area contributed by atoms with Crippen LogP contribution in [0.3, 0.4) is 0 Å². The van der Waals surface area contributed by atoms with E-state index in [1.165, 1.54) is 18.4 Å². The fourth-order valence-corrected chi connectivity index (χ4v) is 2.92. The Balaban J connectivity index is 1.73. The summed E-state index contributed by atoms with van der Waals surface area (Å²) in [5.74, 6) is 1.78. The molecular weight excluding hydrogens is 250 g/mol. The van der Waals surface area contributed by atoms with Crippen LogP contribution in [0.5, 0.6) is 5.75 Å². The van der Waals surface area contributed by atoms with Crippen LogP contribution >= 0.6 is 0 Å².